The summed E-state index contributed by atoms with van der Waals surface area (Å²) in [4.78, 5) is 16.6. The van der Waals surface area contributed by atoms with E-state index in [0.717, 1.165) is 44.9 Å². The van der Waals surface area contributed by atoms with Crippen molar-refractivity contribution in [1.29, 1.82) is 0 Å². The summed E-state index contributed by atoms with van der Waals surface area (Å²) in [5.41, 5.74) is 0.835. The molecule has 1 saturated heterocycles. The quantitative estimate of drug-likeness (QED) is 0.748. The van der Waals surface area contributed by atoms with Crippen molar-refractivity contribution in [2.45, 2.75) is 6.18 Å². The number of halogens is 3. The second kappa shape index (κ2) is 9.60. The number of piperazine rings is 1. The van der Waals surface area contributed by atoms with Crippen LogP contribution in [0.2, 0.25) is 0 Å². The van der Waals surface area contributed by atoms with E-state index in [1.807, 2.05) is 18.2 Å². The fraction of sp³-hybridized carbons (Fsp3) is 0.318. The summed E-state index contributed by atoms with van der Waals surface area (Å²) in [6.07, 6.45) is -1.73. The Kier molecular flexibility index (Phi) is 6.93. The Labute approximate surface area is 168 Å². The van der Waals surface area contributed by atoms with Crippen LogP contribution in [0.3, 0.4) is 0 Å². The van der Waals surface area contributed by atoms with Crippen LogP contribution in [0.15, 0.2) is 60.7 Å². The van der Waals surface area contributed by atoms with Crippen molar-refractivity contribution >= 4 is 17.7 Å². The number of carbonyl (C=O) groups excluding carboxylic acids is 1. The van der Waals surface area contributed by atoms with Crippen LogP contribution in [0.1, 0.15) is 11.1 Å². The number of rotatable bonds is 6. The van der Waals surface area contributed by atoms with Crippen LogP contribution in [0.5, 0.6) is 0 Å². The highest BCUT2D eigenvalue weighted by Gasteiger charge is 2.30. The van der Waals surface area contributed by atoms with Crippen LogP contribution in [-0.4, -0.2) is 50.1 Å². The average molecular weight is 403 g/mol. The van der Waals surface area contributed by atoms with Crippen LogP contribution in [-0.2, 0) is 11.0 Å². The minimum atomic E-state index is -4.39. The number of hydrogen-bond donors (Lipinski definition) is 1. The Bertz CT molecular complexity index is 829. The predicted molar refractivity (Wildman–Crippen MR) is 109 cm³/mol. The van der Waals surface area contributed by atoms with E-state index < -0.39 is 11.7 Å². The Morgan fingerprint density at radius 3 is 2.41 bits per heavy atom. The molecule has 154 valence electrons. The van der Waals surface area contributed by atoms with Crippen molar-refractivity contribution in [1.82, 2.24) is 10.2 Å². The van der Waals surface area contributed by atoms with E-state index in [0.29, 0.717) is 12.1 Å². The first-order chi connectivity index (χ1) is 13.9. The lowest BCUT2D eigenvalue weighted by atomic mass is 10.1. The summed E-state index contributed by atoms with van der Waals surface area (Å²) in [5.74, 6) is -0.315. The predicted octanol–water partition coefficient (Wildman–Crippen LogP) is 3.66. The van der Waals surface area contributed by atoms with Gasteiger partial charge in [0.1, 0.15) is 0 Å². The summed E-state index contributed by atoms with van der Waals surface area (Å²) in [5, 5.41) is 2.78. The normalized spacial score (nSPS) is 15.6. The highest BCUT2D eigenvalue weighted by Crippen LogP contribution is 2.29. The number of benzene rings is 2. The Balaban J connectivity index is 1.39. The van der Waals surface area contributed by atoms with Gasteiger partial charge in [0.2, 0.25) is 5.91 Å². The summed E-state index contributed by atoms with van der Waals surface area (Å²) in [6.45, 7) is 4.96. The number of nitrogens with zero attached hydrogens (tertiary/aromatic N) is 2. The lowest BCUT2D eigenvalue weighted by Crippen LogP contribution is -2.48. The van der Waals surface area contributed by atoms with E-state index in [2.05, 4.69) is 27.2 Å². The van der Waals surface area contributed by atoms with Crippen molar-refractivity contribution in [2.24, 2.45) is 0 Å². The van der Waals surface area contributed by atoms with Gasteiger partial charge in [0.15, 0.2) is 0 Å². The summed E-state index contributed by atoms with van der Waals surface area (Å²) in [7, 11) is 0. The van der Waals surface area contributed by atoms with Gasteiger partial charge in [-0.15, -0.1) is 0 Å². The maximum absolute atomic E-state index is 12.7. The molecule has 1 amide bonds. The third-order valence-corrected chi connectivity index (χ3v) is 4.86. The maximum Gasteiger partial charge on any atom is 0.416 e. The molecule has 2 aromatic carbocycles. The molecule has 3 rings (SSSR count). The minimum Gasteiger partial charge on any atom is -0.369 e. The molecule has 0 atom stereocenters. The molecule has 2 aromatic rings. The van der Waals surface area contributed by atoms with Gasteiger partial charge in [0.25, 0.3) is 0 Å². The molecule has 0 radical (unpaired) electrons. The first-order valence-corrected chi connectivity index (χ1v) is 9.57. The van der Waals surface area contributed by atoms with E-state index >= 15 is 0 Å². The molecule has 29 heavy (non-hydrogen) atoms. The van der Waals surface area contributed by atoms with Gasteiger partial charge >= 0.3 is 6.18 Å². The second-order valence-corrected chi connectivity index (χ2v) is 6.91. The Hall–Kier alpha value is -2.80. The van der Waals surface area contributed by atoms with E-state index in [1.54, 1.807) is 0 Å². The molecule has 1 fully saturated rings. The van der Waals surface area contributed by atoms with Crippen molar-refractivity contribution in [3.63, 3.8) is 0 Å². The zero-order valence-electron chi connectivity index (χ0n) is 16.0. The van der Waals surface area contributed by atoms with Crippen molar-refractivity contribution in [3.8, 4) is 0 Å². The molecule has 4 nitrogen and oxygen atoms in total. The van der Waals surface area contributed by atoms with Crippen LogP contribution >= 0.6 is 0 Å². The van der Waals surface area contributed by atoms with Crippen LogP contribution < -0.4 is 10.2 Å². The van der Waals surface area contributed by atoms with Crippen molar-refractivity contribution in [3.05, 3.63) is 71.8 Å². The zero-order valence-corrected chi connectivity index (χ0v) is 16.0. The number of para-hydroxylation sites is 1. The molecular formula is C22H24F3N3O. The fourth-order valence-electron chi connectivity index (χ4n) is 3.26. The molecule has 0 aliphatic carbocycles. The molecule has 1 N–H and O–H groups in total. The number of anilines is 1. The molecule has 1 aliphatic rings. The van der Waals surface area contributed by atoms with Gasteiger partial charge in [-0.2, -0.15) is 13.2 Å². The number of amides is 1. The van der Waals surface area contributed by atoms with Gasteiger partial charge < -0.3 is 10.2 Å². The highest BCUT2D eigenvalue weighted by atomic mass is 19.4. The largest absolute Gasteiger partial charge is 0.416 e. The molecule has 7 heteroatoms. The van der Waals surface area contributed by atoms with Gasteiger partial charge in [-0.1, -0.05) is 30.3 Å². The van der Waals surface area contributed by atoms with E-state index in [1.165, 1.54) is 30.0 Å². The molecule has 0 saturated carbocycles. The summed E-state index contributed by atoms with van der Waals surface area (Å²) >= 11 is 0. The van der Waals surface area contributed by atoms with Gasteiger partial charge in [-0.3, -0.25) is 9.69 Å². The van der Waals surface area contributed by atoms with E-state index in [4.69, 9.17) is 0 Å². The topological polar surface area (TPSA) is 35.6 Å². The number of nitrogens with one attached hydrogen (secondary N) is 1. The third kappa shape index (κ3) is 6.35. The molecular weight excluding hydrogens is 379 g/mol. The SMILES string of the molecule is O=C(/C=C/c1cccc(C(F)(F)F)c1)NCCN1CCN(c2ccccc2)CC1. The van der Waals surface area contributed by atoms with Gasteiger partial charge in [0.05, 0.1) is 5.56 Å². The highest BCUT2D eigenvalue weighted by molar-refractivity contribution is 5.91. The minimum absolute atomic E-state index is 0.315. The maximum atomic E-state index is 12.7. The Morgan fingerprint density at radius 2 is 1.72 bits per heavy atom. The summed E-state index contributed by atoms with van der Waals surface area (Å²) < 4.78 is 38.2. The second-order valence-electron chi connectivity index (χ2n) is 6.91. The standard InChI is InChI=1S/C22H24F3N3O/c23-22(24,25)19-6-4-5-18(17-19)9-10-21(29)26-11-12-27-13-15-28(16-14-27)20-7-2-1-3-8-20/h1-10,17H,11-16H2,(H,26,29)/b10-9+. The van der Waals surface area contributed by atoms with Crippen LogP contribution in [0, 0.1) is 0 Å². The first kappa shape index (κ1) is 20.9. The number of hydrogen-bond acceptors (Lipinski definition) is 3. The van der Waals surface area contributed by atoms with Crippen LogP contribution in [0.4, 0.5) is 18.9 Å². The smallest absolute Gasteiger partial charge is 0.369 e. The molecule has 0 aromatic heterocycles. The van der Waals surface area contributed by atoms with Crippen LogP contribution in [0.25, 0.3) is 6.08 Å². The average Bonchev–Trinajstić information content (AvgIpc) is 2.73. The summed E-state index contributed by atoms with van der Waals surface area (Å²) in [6, 6.07) is 15.2. The molecule has 0 spiro atoms. The zero-order chi connectivity index (χ0) is 20.7. The monoisotopic (exact) mass is 403 g/mol. The third-order valence-electron chi connectivity index (χ3n) is 4.86. The molecule has 0 bridgehead atoms. The number of alkyl halides is 3. The lowest BCUT2D eigenvalue weighted by molar-refractivity contribution is -0.137. The molecule has 1 aliphatic heterocycles. The molecule has 1 heterocycles. The van der Waals surface area contributed by atoms with Gasteiger partial charge in [-0.05, 0) is 35.9 Å². The first-order valence-electron chi connectivity index (χ1n) is 9.57. The van der Waals surface area contributed by atoms with Crippen molar-refractivity contribution < 1.29 is 18.0 Å². The molecule has 0 unspecified atom stereocenters. The van der Waals surface area contributed by atoms with Gasteiger partial charge in [-0.25, -0.2) is 0 Å². The van der Waals surface area contributed by atoms with Crippen molar-refractivity contribution in [2.75, 3.05) is 44.2 Å². The van der Waals surface area contributed by atoms with E-state index in [9.17, 15) is 18.0 Å². The van der Waals surface area contributed by atoms with Gasteiger partial charge in [0, 0.05) is 51.0 Å². The van der Waals surface area contributed by atoms with E-state index in [-0.39, 0.29) is 5.91 Å². The fourth-order valence-corrected chi connectivity index (χ4v) is 3.26. The Morgan fingerprint density at radius 1 is 1.00 bits per heavy atom. The lowest BCUT2D eigenvalue weighted by Gasteiger charge is -2.36. The number of carbonyl (C=O) groups is 1.